The number of sulfonamides is 1. The monoisotopic (exact) mass is 305 g/mol. The van der Waals surface area contributed by atoms with E-state index in [0.717, 1.165) is 6.42 Å². The first kappa shape index (κ1) is 14.4. The Labute approximate surface area is 124 Å². The highest BCUT2D eigenvalue weighted by Gasteiger charge is 2.34. The molecule has 1 aliphatic rings. The molecule has 5 nitrogen and oxygen atoms in total. The minimum atomic E-state index is -3.49. The summed E-state index contributed by atoms with van der Waals surface area (Å²) < 4.78 is 27.3. The van der Waals surface area contributed by atoms with E-state index in [4.69, 9.17) is 5.73 Å². The van der Waals surface area contributed by atoms with Gasteiger partial charge < -0.3 is 5.73 Å². The quantitative estimate of drug-likeness (QED) is 0.934. The largest absolute Gasteiger partial charge is 0.328 e. The van der Waals surface area contributed by atoms with Crippen LogP contribution in [-0.2, 0) is 10.0 Å². The fourth-order valence-electron chi connectivity index (χ4n) is 2.84. The van der Waals surface area contributed by atoms with Crippen LogP contribution in [0, 0.1) is 5.92 Å². The van der Waals surface area contributed by atoms with E-state index in [9.17, 15) is 8.42 Å². The molecule has 2 aromatic rings. The van der Waals surface area contributed by atoms with E-state index in [2.05, 4.69) is 4.98 Å². The molecule has 1 aromatic heterocycles. The molecule has 21 heavy (non-hydrogen) atoms. The second-order valence-corrected chi connectivity index (χ2v) is 7.50. The molecule has 0 bridgehead atoms. The van der Waals surface area contributed by atoms with Crippen LogP contribution in [0.25, 0.3) is 10.9 Å². The van der Waals surface area contributed by atoms with E-state index in [1.807, 2.05) is 13.0 Å². The summed E-state index contributed by atoms with van der Waals surface area (Å²) in [6.07, 6.45) is 2.49. The Hall–Kier alpha value is -1.50. The van der Waals surface area contributed by atoms with Crippen LogP contribution < -0.4 is 5.73 Å². The van der Waals surface area contributed by atoms with Gasteiger partial charge in [0, 0.05) is 30.7 Å². The molecule has 3 rings (SSSR count). The number of pyridine rings is 1. The fraction of sp³-hybridized carbons (Fsp3) is 0.400. The van der Waals surface area contributed by atoms with E-state index in [1.54, 1.807) is 34.8 Å². The molecule has 112 valence electrons. The maximum absolute atomic E-state index is 12.9. The van der Waals surface area contributed by atoms with Crippen LogP contribution in [0.15, 0.2) is 41.4 Å². The highest BCUT2D eigenvalue weighted by atomic mass is 32.2. The number of nitrogens with zero attached hydrogens (tertiary/aromatic N) is 2. The van der Waals surface area contributed by atoms with Crippen molar-refractivity contribution >= 4 is 20.9 Å². The molecule has 2 heterocycles. The third kappa shape index (κ3) is 2.54. The minimum Gasteiger partial charge on any atom is -0.328 e. The Morgan fingerprint density at radius 2 is 2.14 bits per heavy atom. The van der Waals surface area contributed by atoms with Crippen LogP contribution in [0.5, 0.6) is 0 Å². The molecular weight excluding hydrogens is 286 g/mol. The van der Waals surface area contributed by atoms with Gasteiger partial charge in [0.2, 0.25) is 10.0 Å². The average molecular weight is 305 g/mol. The van der Waals surface area contributed by atoms with Gasteiger partial charge in [0.1, 0.15) is 0 Å². The van der Waals surface area contributed by atoms with E-state index in [1.165, 1.54) is 0 Å². The number of benzene rings is 1. The highest BCUT2D eigenvalue weighted by Crippen LogP contribution is 2.29. The molecule has 0 radical (unpaired) electrons. The average Bonchev–Trinajstić information content (AvgIpc) is 2.97. The summed E-state index contributed by atoms with van der Waals surface area (Å²) >= 11 is 0. The van der Waals surface area contributed by atoms with Gasteiger partial charge in [-0.2, -0.15) is 4.31 Å². The van der Waals surface area contributed by atoms with E-state index in [-0.39, 0.29) is 12.0 Å². The first-order valence-corrected chi connectivity index (χ1v) is 8.53. The molecule has 1 saturated heterocycles. The van der Waals surface area contributed by atoms with Gasteiger partial charge in [0.25, 0.3) is 0 Å². The minimum absolute atomic E-state index is 0.0133. The van der Waals surface area contributed by atoms with E-state index < -0.39 is 10.0 Å². The molecule has 2 N–H and O–H groups in total. The number of hydrogen-bond acceptors (Lipinski definition) is 4. The Morgan fingerprint density at radius 1 is 1.33 bits per heavy atom. The summed E-state index contributed by atoms with van der Waals surface area (Å²) in [5, 5.41) is 0.671. The molecule has 0 saturated carbocycles. The standard InChI is InChI=1S/C15H19N3O2S/c1-11(16)12-7-9-18(10-12)21(19,20)15-6-2-5-14-13(15)4-3-8-17-14/h2-6,8,11-12H,7,9-10,16H2,1H3. The first-order valence-electron chi connectivity index (χ1n) is 7.09. The first-order chi connectivity index (χ1) is 10.00. The molecule has 0 spiro atoms. The summed E-state index contributed by atoms with van der Waals surface area (Å²) in [5.74, 6) is 0.230. The zero-order chi connectivity index (χ0) is 15.0. The fourth-order valence-corrected chi connectivity index (χ4v) is 4.55. The van der Waals surface area contributed by atoms with Crippen LogP contribution >= 0.6 is 0 Å². The number of rotatable bonds is 3. The van der Waals surface area contributed by atoms with Crippen molar-refractivity contribution in [2.45, 2.75) is 24.3 Å². The van der Waals surface area contributed by atoms with Crippen molar-refractivity contribution < 1.29 is 8.42 Å². The second kappa shape index (κ2) is 5.36. The molecule has 1 aromatic carbocycles. The van der Waals surface area contributed by atoms with Crippen molar-refractivity contribution in [3.8, 4) is 0 Å². The lowest BCUT2D eigenvalue weighted by molar-refractivity contribution is 0.429. The SMILES string of the molecule is CC(N)C1CCN(S(=O)(=O)c2cccc3ncccc23)C1. The predicted molar refractivity (Wildman–Crippen MR) is 82.3 cm³/mol. The molecule has 2 unspecified atom stereocenters. The zero-order valence-corrected chi connectivity index (χ0v) is 12.8. The Morgan fingerprint density at radius 3 is 2.86 bits per heavy atom. The molecular formula is C15H19N3O2S. The Kier molecular flexibility index (Phi) is 3.69. The molecule has 6 heteroatoms. The Balaban J connectivity index is 2.02. The Bertz CT molecular complexity index is 753. The van der Waals surface area contributed by atoms with Crippen molar-refractivity contribution in [2.24, 2.45) is 11.7 Å². The lowest BCUT2D eigenvalue weighted by Crippen LogP contribution is -2.33. The van der Waals surface area contributed by atoms with Gasteiger partial charge in [0.05, 0.1) is 10.4 Å². The van der Waals surface area contributed by atoms with E-state index >= 15 is 0 Å². The van der Waals surface area contributed by atoms with Crippen molar-refractivity contribution in [1.82, 2.24) is 9.29 Å². The lowest BCUT2D eigenvalue weighted by Gasteiger charge is -2.19. The van der Waals surface area contributed by atoms with Gasteiger partial charge in [-0.15, -0.1) is 0 Å². The summed E-state index contributed by atoms with van der Waals surface area (Å²) in [5.41, 5.74) is 6.60. The molecule has 1 aliphatic heterocycles. The summed E-state index contributed by atoms with van der Waals surface area (Å²) in [4.78, 5) is 4.55. The lowest BCUT2D eigenvalue weighted by atomic mass is 10.0. The van der Waals surface area contributed by atoms with Crippen molar-refractivity contribution in [2.75, 3.05) is 13.1 Å². The zero-order valence-electron chi connectivity index (χ0n) is 11.9. The second-order valence-electron chi connectivity index (χ2n) is 5.60. The van der Waals surface area contributed by atoms with Crippen molar-refractivity contribution in [3.05, 3.63) is 36.5 Å². The molecule has 0 amide bonds. The highest BCUT2D eigenvalue weighted by molar-refractivity contribution is 7.89. The third-order valence-corrected chi connectivity index (χ3v) is 6.08. The van der Waals surface area contributed by atoms with Gasteiger partial charge >= 0.3 is 0 Å². The van der Waals surface area contributed by atoms with Crippen LogP contribution in [-0.4, -0.2) is 36.8 Å². The van der Waals surface area contributed by atoms with Gasteiger partial charge in [-0.1, -0.05) is 6.07 Å². The maximum Gasteiger partial charge on any atom is 0.243 e. The number of hydrogen-bond donors (Lipinski definition) is 1. The summed E-state index contributed by atoms with van der Waals surface area (Å²) in [6, 6.07) is 8.78. The third-order valence-electron chi connectivity index (χ3n) is 4.15. The van der Waals surface area contributed by atoms with Crippen LogP contribution in [0.4, 0.5) is 0 Å². The maximum atomic E-state index is 12.9. The van der Waals surface area contributed by atoms with Crippen LogP contribution in [0.1, 0.15) is 13.3 Å². The molecule has 2 atom stereocenters. The van der Waals surface area contributed by atoms with Gasteiger partial charge in [-0.3, -0.25) is 4.98 Å². The number of fused-ring (bicyclic) bond motifs is 1. The van der Waals surface area contributed by atoms with Crippen molar-refractivity contribution in [3.63, 3.8) is 0 Å². The van der Waals surface area contributed by atoms with Gasteiger partial charge in [0.15, 0.2) is 0 Å². The molecule has 0 aliphatic carbocycles. The van der Waals surface area contributed by atoms with Crippen LogP contribution in [0.3, 0.4) is 0 Å². The summed E-state index contributed by atoms with van der Waals surface area (Å²) in [6.45, 7) is 2.96. The normalized spacial score (nSPS) is 21.7. The predicted octanol–water partition coefficient (Wildman–Crippen LogP) is 1.59. The smallest absolute Gasteiger partial charge is 0.243 e. The van der Waals surface area contributed by atoms with Crippen LogP contribution in [0.2, 0.25) is 0 Å². The number of aromatic nitrogens is 1. The van der Waals surface area contributed by atoms with E-state index in [0.29, 0.717) is 28.9 Å². The number of nitrogens with two attached hydrogens (primary N) is 1. The topological polar surface area (TPSA) is 76.3 Å². The molecule has 1 fully saturated rings. The van der Waals surface area contributed by atoms with Crippen molar-refractivity contribution in [1.29, 1.82) is 0 Å². The van der Waals surface area contributed by atoms with Gasteiger partial charge in [-0.25, -0.2) is 8.42 Å². The van der Waals surface area contributed by atoms with Gasteiger partial charge in [-0.05, 0) is 43.5 Å². The summed E-state index contributed by atoms with van der Waals surface area (Å²) in [7, 11) is -3.49.